The summed E-state index contributed by atoms with van der Waals surface area (Å²) in [5.41, 5.74) is 0.111. The summed E-state index contributed by atoms with van der Waals surface area (Å²) in [6.07, 6.45) is 1.40. The largest absolute Gasteiger partial charge is 0.464 e. The fraction of sp³-hybridized carbons (Fsp3) is 0.375. The number of carbonyl (C=O) groups excluding carboxylic acids is 1. The fourth-order valence-electron chi connectivity index (χ4n) is 0.789. The second kappa shape index (κ2) is 5.17. The van der Waals surface area contributed by atoms with Crippen LogP contribution < -0.4 is 0 Å². The van der Waals surface area contributed by atoms with E-state index in [0.717, 1.165) is 5.75 Å². The van der Waals surface area contributed by atoms with Gasteiger partial charge in [0.25, 0.3) is 0 Å². The molecule has 0 saturated carbocycles. The SMILES string of the molecule is CCSc1ncc(Cl)c(C(=O)OC)n1. The van der Waals surface area contributed by atoms with Gasteiger partial charge in [-0.1, -0.05) is 30.3 Å². The lowest BCUT2D eigenvalue weighted by Crippen LogP contribution is -2.06. The van der Waals surface area contributed by atoms with Gasteiger partial charge < -0.3 is 4.74 Å². The van der Waals surface area contributed by atoms with Gasteiger partial charge in [-0.2, -0.15) is 0 Å². The van der Waals surface area contributed by atoms with Gasteiger partial charge in [-0.25, -0.2) is 14.8 Å². The van der Waals surface area contributed by atoms with Crippen molar-refractivity contribution in [2.75, 3.05) is 12.9 Å². The maximum Gasteiger partial charge on any atom is 0.358 e. The van der Waals surface area contributed by atoms with Crippen molar-refractivity contribution in [3.8, 4) is 0 Å². The minimum atomic E-state index is -0.546. The Hall–Kier alpha value is -0.810. The number of nitrogens with zero attached hydrogens (tertiary/aromatic N) is 2. The smallest absolute Gasteiger partial charge is 0.358 e. The molecular weight excluding hydrogens is 224 g/mol. The molecule has 0 radical (unpaired) electrons. The maximum absolute atomic E-state index is 11.2. The number of carbonyl (C=O) groups is 1. The summed E-state index contributed by atoms with van der Waals surface area (Å²) in [6, 6.07) is 0. The summed E-state index contributed by atoms with van der Waals surface area (Å²) in [6.45, 7) is 1.97. The molecule has 0 N–H and O–H groups in total. The third kappa shape index (κ3) is 2.59. The van der Waals surface area contributed by atoms with E-state index in [1.807, 2.05) is 6.92 Å². The highest BCUT2D eigenvalue weighted by atomic mass is 35.5. The highest BCUT2D eigenvalue weighted by Gasteiger charge is 2.14. The van der Waals surface area contributed by atoms with Crippen LogP contribution in [0.5, 0.6) is 0 Å². The van der Waals surface area contributed by atoms with E-state index in [1.54, 1.807) is 0 Å². The molecule has 6 heteroatoms. The van der Waals surface area contributed by atoms with Gasteiger partial charge in [0.05, 0.1) is 18.3 Å². The molecule has 0 aromatic carbocycles. The van der Waals surface area contributed by atoms with Crippen LogP contribution in [0, 0.1) is 0 Å². The predicted octanol–water partition coefficient (Wildman–Crippen LogP) is 2.03. The molecule has 0 amide bonds. The van der Waals surface area contributed by atoms with Crippen molar-refractivity contribution in [3.05, 3.63) is 16.9 Å². The highest BCUT2D eigenvalue weighted by molar-refractivity contribution is 7.99. The predicted molar refractivity (Wildman–Crippen MR) is 54.8 cm³/mol. The van der Waals surface area contributed by atoms with E-state index >= 15 is 0 Å². The van der Waals surface area contributed by atoms with E-state index in [1.165, 1.54) is 25.1 Å². The van der Waals surface area contributed by atoms with Crippen molar-refractivity contribution in [3.63, 3.8) is 0 Å². The number of rotatable bonds is 3. The standard InChI is InChI=1S/C8H9ClN2O2S/c1-3-14-8-10-4-5(9)6(11-8)7(12)13-2/h4H,3H2,1-2H3. The first-order chi connectivity index (χ1) is 6.69. The molecule has 1 aromatic heterocycles. The summed E-state index contributed by atoms with van der Waals surface area (Å²) in [4.78, 5) is 19.1. The number of hydrogen-bond donors (Lipinski definition) is 0. The molecule has 76 valence electrons. The third-order valence-corrected chi connectivity index (χ3v) is 2.39. The van der Waals surface area contributed by atoms with Gasteiger partial charge >= 0.3 is 5.97 Å². The fourth-order valence-corrected chi connectivity index (χ4v) is 1.50. The van der Waals surface area contributed by atoms with Crippen molar-refractivity contribution in [1.29, 1.82) is 0 Å². The average Bonchev–Trinajstić information content (AvgIpc) is 2.20. The van der Waals surface area contributed by atoms with Crippen LogP contribution in [0.2, 0.25) is 5.02 Å². The van der Waals surface area contributed by atoms with Crippen LogP contribution in [0.1, 0.15) is 17.4 Å². The number of methoxy groups -OCH3 is 1. The van der Waals surface area contributed by atoms with Gasteiger partial charge in [0.2, 0.25) is 0 Å². The first-order valence-corrected chi connectivity index (χ1v) is 5.29. The van der Waals surface area contributed by atoms with Gasteiger partial charge in [0.1, 0.15) is 0 Å². The molecule has 0 aliphatic rings. The van der Waals surface area contributed by atoms with E-state index in [-0.39, 0.29) is 10.7 Å². The number of ether oxygens (including phenoxy) is 1. The summed E-state index contributed by atoms with van der Waals surface area (Å²) in [5.74, 6) is 0.290. The first-order valence-electron chi connectivity index (χ1n) is 3.92. The summed E-state index contributed by atoms with van der Waals surface area (Å²) in [5, 5.41) is 0.731. The monoisotopic (exact) mass is 232 g/mol. The van der Waals surface area contributed by atoms with Gasteiger partial charge in [0, 0.05) is 0 Å². The summed E-state index contributed by atoms with van der Waals surface area (Å²) >= 11 is 7.17. The Labute approximate surface area is 91.0 Å². The minimum Gasteiger partial charge on any atom is -0.464 e. The van der Waals surface area contributed by atoms with Crippen LogP contribution in [0.3, 0.4) is 0 Å². The molecule has 0 saturated heterocycles. The number of halogens is 1. The first kappa shape index (κ1) is 11.3. The second-order valence-corrected chi connectivity index (χ2v) is 3.91. The molecule has 1 aromatic rings. The average molecular weight is 233 g/mol. The van der Waals surface area contributed by atoms with E-state index in [2.05, 4.69) is 14.7 Å². The topological polar surface area (TPSA) is 52.1 Å². The lowest BCUT2D eigenvalue weighted by atomic mass is 10.4. The van der Waals surface area contributed by atoms with Crippen LogP contribution in [0.15, 0.2) is 11.4 Å². The van der Waals surface area contributed by atoms with Crippen molar-refractivity contribution in [2.24, 2.45) is 0 Å². The van der Waals surface area contributed by atoms with Gasteiger partial charge in [-0.05, 0) is 5.75 Å². The van der Waals surface area contributed by atoms with Crippen LogP contribution in [-0.4, -0.2) is 28.8 Å². The molecule has 0 aliphatic heterocycles. The zero-order valence-corrected chi connectivity index (χ0v) is 9.35. The van der Waals surface area contributed by atoms with Gasteiger partial charge in [-0.15, -0.1) is 0 Å². The molecule has 1 heterocycles. The summed E-state index contributed by atoms with van der Waals surface area (Å²) < 4.78 is 4.53. The van der Waals surface area contributed by atoms with Crippen molar-refractivity contribution >= 4 is 29.3 Å². The molecule has 0 atom stereocenters. The van der Waals surface area contributed by atoms with Crippen molar-refractivity contribution < 1.29 is 9.53 Å². The number of hydrogen-bond acceptors (Lipinski definition) is 5. The Morgan fingerprint density at radius 1 is 1.71 bits per heavy atom. The quantitative estimate of drug-likeness (QED) is 0.454. The number of aromatic nitrogens is 2. The van der Waals surface area contributed by atoms with E-state index in [0.29, 0.717) is 5.16 Å². The van der Waals surface area contributed by atoms with E-state index in [9.17, 15) is 4.79 Å². The molecule has 0 unspecified atom stereocenters. The lowest BCUT2D eigenvalue weighted by Gasteiger charge is -2.02. The van der Waals surface area contributed by atoms with Crippen LogP contribution in [0.25, 0.3) is 0 Å². The second-order valence-electron chi connectivity index (χ2n) is 2.27. The molecule has 14 heavy (non-hydrogen) atoms. The third-order valence-electron chi connectivity index (χ3n) is 1.37. The van der Waals surface area contributed by atoms with Gasteiger partial charge in [0.15, 0.2) is 10.9 Å². The normalized spacial score (nSPS) is 9.93. The highest BCUT2D eigenvalue weighted by Crippen LogP contribution is 2.18. The van der Waals surface area contributed by atoms with Crippen LogP contribution >= 0.6 is 23.4 Å². The lowest BCUT2D eigenvalue weighted by molar-refractivity contribution is 0.0593. The Kier molecular flexibility index (Phi) is 4.16. The Morgan fingerprint density at radius 2 is 2.43 bits per heavy atom. The Balaban J connectivity index is 3.01. The zero-order chi connectivity index (χ0) is 10.6. The molecule has 0 spiro atoms. The molecule has 0 aliphatic carbocycles. The van der Waals surface area contributed by atoms with Crippen molar-refractivity contribution in [2.45, 2.75) is 12.1 Å². The Morgan fingerprint density at radius 3 is 3.00 bits per heavy atom. The number of esters is 1. The van der Waals surface area contributed by atoms with E-state index in [4.69, 9.17) is 11.6 Å². The number of thioether (sulfide) groups is 1. The zero-order valence-electron chi connectivity index (χ0n) is 7.78. The van der Waals surface area contributed by atoms with Crippen LogP contribution in [0.4, 0.5) is 0 Å². The van der Waals surface area contributed by atoms with Crippen LogP contribution in [-0.2, 0) is 4.74 Å². The van der Waals surface area contributed by atoms with Crippen molar-refractivity contribution in [1.82, 2.24) is 9.97 Å². The van der Waals surface area contributed by atoms with E-state index < -0.39 is 5.97 Å². The van der Waals surface area contributed by atoms with Gasteiger partial charge in [-0.3, -0.25) is 0 Å². The molecule has 1 rings (SSSR count). The minimum absolute atomic E-state index is 0.111. The Bertz CT molecular complexity index is 346. The molecule has 0 bridgehead atoms. The maximum atomic E-state index is 11.2. The molecular formula is C8H9ClN2O2S. The molecule has 4 nitrogen and oxygen atoms in total. The summed E-state index contributed by atoms with van der Waals surface area (Å²) in [7, 11) is 1.29. The molecule has 0 fully saturated rings.